The summed E-state index contributed by atoms with van der Waals surface area (Å²) in [4.78, 5) is 4.47. The van der Waals surface area contributed by atoms with Gasteiger partial charge >= 0.3 is 0 Å². The Morgan fingerprint density at radius 1 is 1.25 bits per heavy atom. The second kappa shape index (κ2) is 4.45. The fourth-order valence-corrected chi connectivity index (χ4v) is 2.38. The molecule has 0 saturated carbocycles. The van der Waals surface area contributed by atoms with Gasteiger partial charge < -0.3 is 16.2 Å². The largest absolute Gasteiger partial charge is 0.403 e. The molecule has 1 rings (SSSR count). The van der Waals surface area contributed by atoms with Crippen LogP contribution in [-0.2, 0) is 4.74 Å². The van der Waals surface area contributed by atoms with Crippen LogP contribution in [0.1, 0.15) is 40.5 Å². The van der Waals surface area contributed by atoms with Gasteiger partial charge in [0, 0.05) is 12.4 Å². The molecule has 4 N–H and O–H groups in total. The number of ether oxygens (including phenoxy) is 1. The van der Waals surface area contributed by atoms with Crippen molar-refractivity contribution in [3.05, 3.63) is 11.9 Å². The average molecular weight is 225 g/mol. The second-order valence-corrected chi connectivity index (χ2v) is 5.63. The lowest BCUT2D eigenvalue weighted by molar-refractivity contribution is -0.160. The molecule has 0 spiro atoms. The molecule has 0 amide bonds. The Bertz CT molecular complexity index is 289. The summed E-state index contributed by atoms with van der Waals surface area (Å²) in [6.45, 7) is 8.38. The minimum absolute atomic E-state index is 0.134. The van der Waals surface area contributed by atoms with Crippen LogP contribution >= 0.6 is 0 Å². The lowest BCUT2D eigenvalue weighted by Crippen LogP contribution is -2.46. The van der Waals surface area contributed by atoms with Crippen molar-refractivity contribution in [3.63, 3.8) is 0 Å². The van der Waals surface area contributed by atoms with Gasteiger partial charge in [-0.05, 0) is 40.5 Å². The van der Waals surface area contributed by atoms with Crippen molar-refractivity contribution in [3.8, 4) is 0 Å². The zero-order valence-corrected chi connectivity index (χ0v) is 10.7. The van der Waals surface area contributed by atoms with Gasteiger partial charge in [0.1, 0.15) is 0 Å². The predicted molar refractivity (Wildman–Crippen MR) is 67.2 cm³/mol. The van der Waals surface area contributed by atoms with Crippen molar-refractivity contribution >= 4 is 6.21 Å². The quantitative estimate of drug-likeness (QED) is 0.700. The first-order valence-corrected chi connectivity index (χ1v) is 5.65. The van der Waals surface area contributed by atoms with E-state index in [1.807, 2.05) is 0 Å². The van der Waals surface area contributed by atoms with Crippen LogP contribution in [0.2, 0.25) is 0 Å². The van der Waals surface area contributed by atoms with E-state index in [2.05, 4.69) is 32.7 Å². The van der Waals surface area contributed by atoms with E-state index < -0.39 is 0 Å². The summed E-state index contributed by atoms with van der Waals surface area (Å²) in [6.07, 6.45) is 4.82. The molecule has 1 fully saturated rings. The maximum atomic E-state index is 5.98. The number of allylic oxidation sites excluding steroid dienone is 1. The van der Waals surface area contributed by atoms with E-state index >= 15 is 0 Å². The van der Waals surface area contributed by atoms with E-state index in [1.54, 1.807) is 6.21 Å². The molecule has 1 heterocycles. The SMILES string of the molecule is CC1(C)CC(N=CC(N)=CN)CC(C)(C)O1. The number of rotatable bonds is 2. The van der Waals surface area contributed by atoms with Crippen molar-refractivity contribution in [1.82, 2.24) is 0 Å². The van der Waals surface area contributed by atoms with Crippen molar-refractivity contribution in [2.24, 2.45) is 16.5 Å². The predicted octanol–water partition coefficient (Wildman–Crippen LogP) is 1.55. The Labute approximate surface area is 97.7 Å². The van der Waals surface area contributed by atoms with Crippen LogP contribution in [0.15, 0.2) is 16.9 Å². The molecule has 0 aromatic carbocycles. The van der Waals surface area contributed by atoms with E-state index in [1.165, 1.54) is 6.20 Å². The number of aliphatic imine (C=N–C) groups is 1. The normalized spacial score (nSPS) is 26.1. The molecule has 0 aliphatic carbocycles. The highest BCUT2D eigenvalue weighted by atomic mass is 16.5. The molecule has 4 heteroatoms. The Balaban J connectivity index is 2.72. The van der Waals surface area contributed by atoms with Crippen LogP contribution in [0.3, 0.4) is 0 Å². The highest BCUT2D eigenvalue weighted by Crippen LogP contribution is 2.36. The van der Waals surface area contributed by atoms with Gasteiger partial charge in [0.25, 0.3) is 0 Å². The Morgan fingerprint density at radius 3 is 2.19 bits per heavy atom. The van der Waals surface area contributed by atoms with Gasteiger partial charge in [0.05, 0.1) is 22.9 Å². The van der Waals surface area contributed by atoms with Gasteiger partial charge in [-0.1, -0.05) is 0 Å². The molecule has 0 unspecified atom stereocenters. The zero-order valence-electron chi connectivity index (χ0n) is 10.7. The molecule has 0 radical (unpaired) electrons. The number of nitrogens with two attached hydrogens (primary N) is 2. The third-order valence-electron chi connectivity index (χ3n) is 2.63. The molecule has 1 saturated heterocycles. The van der Waals surface area contributed by atoms with Gasteiger partial charge in [-0.25, -0.2) is 0 Å². The third-order valence-corrected chi connectivity index (χ3v) is 2.63. The molecule has 92 valence electrons. The van der Waals surface area contributed by atoms with Gasteiger partial charge in [-0.2, -0.15) is 0 Å². The molecule has 0 bridgehead atoms. The van der Waals surface area contributed by atoms with E-state index in [4.69, 9.17) is 16.2 Å². The van der Waals surface area contributed by atoms with E-state index in [0.717, 1.165) is 12.8 Å². The number of nitrogens with zero attached hydrogens (tertiary/aromatic N) is 1. The van der Waals surface area contributed by atoms with Crippen LogP contribution in [0.4, 0.5) is 0 Å². The topological polar surface area (TPSA) is 73.6 Å². The summed E-state index contributed by atoms with van der Waals surface area (Å²) in [6, 6.07) is 0.247. The summed E-state index contributed by atoms with van der Waals surface area (Å²) < 4.78 is 5.98. The first kappa shape index (κ1) is 13.0. The Hall–Kier alpha value is -1.03. The highest BCUT2D eigenvalue weighted by molar-refractivity contribution is 5.77. The minimum atomic E-state index is -0.134. The van der Waals surface area contributed by atoms with E-state index in [-0.39, 0.29) is 17.2 Å². The lowest BCUT2D eigenvalue weighted by atomic mass is 9.85. The molecule has 0 aromatic heterocycles. The van der Waals surface area contributed by atoms with Crippen LogP contribution < -0.4 is 11.5 Å². The van der Waals surface area contributed by atoms with Crippen LogP contribution in [0.5, 0.6) is 0 Å². The summed E-state index contributed by atoms with van der Waals surface area (Å²) in [7, 11) is 0. The minimum Gasteiger partial charge on any atom is -0.403 e. The maximum absolute atomic E-state index is 5.98. The van der Waals surface area contributed by atoms with Crippen molar-refractivity contribution in [2.45, 2.75) is 57.8 Å². The van der Waals surface area contributed by atoms with Crippen molar-refractivity contribution < 1.29 is 4.74 Å². The van der Waals surface area contributed by atoms with E-state index in [0.29, 0.717) is 5.70 Å². The number of hydrogen-bond donors (Lipinski definition) is 2. The van der Waals surface area contributed by atoms with Gasteiger partial charge in [-0.15, -0.1) is 0 Å². The zero-order chi connectivity index (χ0) is 12.4. The first-order valence-electron chi connectivity index (χ1n) is 5.65. The van der Waals surface area contributed by atoms with Crippen LogP contribution in [0.25, 0.3) is 0 Å². The molecule has 1 aliphatic heterocycles. The molecular weight excluding hydrogens is 202 g/mol. The molecule has 0 atom stereocenters. The Morgan fingerprint density at radius 2 is 1.75 bits per heavy atom. The lowest BCUT2D eigenvalue weighted by Gasteiger charge is -2.44. The summed E-state index contributed by atoms with van der Waals surface area (Å²) in [5, 5.41) is 0. The first-order chi connectivity index (χ1) is 7.24. The highest BCUT2D eigenvalue weighted by Gasteiger charge is 2.38. The van der Waals surface area contributed by atoms with Gasteiger partial charge in [-0.3, -0.25) is 4.99 Å². The van der Waals surface area contributed by atoms with Crippen molar-refractivity contribution in [2.75, 3.05) is 0 Å². The van der Waals surface area contributed by atoms with Crippen LogP contribution in [-0.4, -0.2) is 23.5 Å². The molecule has 0 aromatic rings. The molecule has 4 nitrogen and oxygen atoms in total. The summed E-state index contributed by atoms with van der Waals surface area (Å²) in [5.41, 5.74) is 11.1. The summed E-state index contributed by atoms with van der Waals surface area (Å²) >= 11 is 0. The van der Waals surface area contributed by atoms with Crippen LogP contribution in [0, 0.1) is 0 Å². The van der Waals surface area contributed by atoms with Crippen molar-refractivity contribution in [1.29, 1.82) is 0 Å². The monoisotopic (exact) mass is 225 g/mol. The fraction of sp³-hybridized carbons (Fsp3) is 0.750. The molecular formula is C12H23N3O. The second-order valence-electron chi connectivity index (χ2n) is 5.63. The standard InChI is InChI=1S/C12H23N3O/c1-11(2)5-10(6-12(3,4)16-11)15-8-9(14)7-13/h7-8,10H,5-6,13-14H2,1-4H3. The van der Waals surface area contributed by atoms with E-state index in [9.17, 15) is 0 Å². The van der Waals surface area contributed by atoms with Gasteiger partial charge in [0.2, 0.25) is 0 Å². The number of hydrogen-bond acceptors (Lipinski definition) is 4. The third kappa shape index (κ3) is 3.85. The average Bonchev–Trinajstić information content (AvgIpc) is 2.09. The molecule has 16 heavy (non-hydrogen) atoms. The maximum Gasteiger partial charge on any atom is 0.0654 e. The molecule has 1 aliphatic rings. The fourth-order valence-electron chi connectivity index (χ4n) is 2.38. The smallest absolute Gasteiger partial charge is 0.0654 e. The van der Waals surface area contributed by atoms with Gasteiger partial charge in [0.15, 0.2) is 0 Å². The summed E-state index contributed by atoms with van der Waals surface area (Å²) in [5.74, 6) is 0. The Kier molecular flexibility index (Phi) is 3.63.